The lowest BCUT2D eigenvalue weighted by atomic mass is 10.1. The van der Waals surface area contributed by atoms with E-state index in [-0.39, 0.29) is 8.19 Å². The van der Waals surface area contributed by atoms with Gasteiger partial charge in [-0.05, 0) is 17.4 Å². The summed E-state index contributed by atoms with van der Waals surface area (Å²) < 4.78 is 0. The van der Waals surface area contributed by atoms with Crippen LogP contribution in [-0.2, 0) is 0 Å². The van der Waals surface area contributed by atoms with E-state index < -0.39 is 5.97 Å². The Bertz CT molecular complexity index is 445. The van der Waals surface area contributed by atoms with Crippen LogP contribution >= 0.6 is 8.19 Å². The highest BCUT2D eigenvalue weighted by Gasteiger charge is 2.10. The van der Waals surface area contributed by atoms with Crippen LogP contribution in [-0.4, -0.2) is 11.1 Å². The average molecular weight is 204 g/mol. The molecule has 0 aliphatic rings. The number of benzene rings is 1. The molecule has 3 heteroatoms. The Morgan fingerprint density at radius 1 is 1.14 bits per heavy atom. The average Bonchev–Trinajstić information content (AvgIpc) is 2.67. The second-order valence-corrected chi connectivity index (χ2v) is 4.06. The second kappa shape index (κ2) is 3.69. The van der Waals surface area contributed by atoms with Crippen LogP contribution in [0.15, 0.2) is 42.2 Å². The Morgan fingerprint density at radius 3 is 2.50 bits per heavy atom. The molecule has 0 saturated carbocycles. The van der Waals surface area contributed by atoms with E-state index in [1.807, 2.05) is 42.2 Å². The van der Waals surface area contributed by atoms with E-state index in [9.17, 15) is 4.79 Å². The summed E-state index contributed by atoms with van der Waals surface area (Å²) in [5.74, 6) is 1.10. The summed E-state index contributed by atoms with van der Waals surface area (Å²) >= 11 is 0. The van der Waals surface area contributed by atoms with E-state index in [1.54, 1.807) is 0 Å². The summed E-state index contributed by atoms with van der Waals surface area (Å²) in [4.78, 5) is 10.9. The van der Waals surface area contributed by atoms with Gasteiger partial charge in [0.1, 0.15) is 0 Å². The van der Waals surface area contributed by atoms with E-state index in [0.717, 1.165) is 11.1 Å². The van der Waals surface area contributed by atoms with E-state index in [2.05, 4.69) is 0 Å². The maximum atomic E-state index is 10.9. The summed E-state index contributed by atoms with van der Waals surface area (Å²) in [5, 5.41) is 9.46. The fraction of sp³-hybridized carbons (Fsp3) is 0. The van der Waals surface area contributed by atoms with Gasteiger partial charge >= 0.3 is 5.97 Å². The Kier molecular flexibility index (Phi) is 2.38. The van der Waals surface area contributed by atoms with Gasteiger partial charge in [0.2, 0.25) is 0 Å². The fourth-order valence-corrected chi connectivity index (χ4v) is 2.33. The quantitative estimate of drug-likeness (QED) is 0.816. The van der Waals surface area contributed by atoms with Crippen molar-refractivity contribution >= 4 is 14.2 Å². The van der Waals surface area contributed by atoms with Crippen molar-refractivity contribution in [3.63, 3.8) is 0 Å². The first-order valence-electron chi connectivity index (χ1n) is 4.25. The molecule has 0 fully saturated rings. The SMILES string of the molecule is O=C(O)c1[pH]ccc1-c1ccccc1. The molecular formula is C11H9O2P. The molecular weight excluding hydrogens is 195 g/mol. The third-order valence-electron chi connectivity index (χ3n) is 2.05. The minimum atomic E-state index is -0.813. The van der Waals surface area contributed by atoms with Crippen LogP contribution in [0.2, 0.25) is 0 Å². The van der Waals surface area contributed by atoms with Crippen molar-refractivity contribution in [1.29, 1.82) is 0 Å². The van der Waals surface area contributed by atoms with Gasteiger partial charge in [-0.25, -0.2) is 4.79 Å². The predicted octanol–water partition coefficient (Wildman–Crippen LogP) is 3.08. The molecule has 2 nitrogen and oxygen atoms in total. The fourth-order valence-electron chi connectivity index (χ4n) is 1.40. The molecule has 1 aromatic carbocycles. The molecule has 0 amide bonds. The highest BCUT2D eigenvalue weighted by atomic mass is 31.0. The first-order valence-corrected chi connectivity index (χ1v) is 5.33. The van der Waals surface area contributed by atoms with Crippen molar-refractivity contribution in [2.45, 2.75) is 0 Å². The van der Waals surface area contributed by atoms with Gasteiger partial charge in [-0.15, -0.1) is 8.19 Å². The van der Waals surface area contributed by atoms with E-state index in [0.29, 0.717) is 5.30 Å². The van der Waals surface area contributed by atoms with Gasteiger partial charge in [0.05, 0.1) is 5.30 Å². The van der Waals surface area contributed by atoms with Gasteiger partial charge in [0.25, 0.3) is 0 Å². The van der Waals surface area contributed by atoms with Crippen molar-refractivity contribution in [3.05, 3.63) is 47.5 Å². The van der Waals surface area contributed by atoms with Crippen molar-refractivity contribution in [2.24, 2.45) is 0 Å². The largest absolute Gasteiger partial charge is 0.477 e. The molecule has 0 saturated heterocycles. The summed E-state index contributed by atoms with van der Waals surface area (Å²) in [6, 6.07) is 11.5. The first-order chi connectivity index (χ1) is 6.79. The van der Waals surface area contributed by atoms with Crippen LogP contribution in [0.3, 0.4) is 0 Å². The van der Waals surface area contributed by atoms with Gasteiger partial charge in [-0.2, -0.15) is 0 Å². The molecule has 1 N–H and O–H groups in total. The number of hydrogen-bond donors (Lipinski definition) is 1. The zero-order valence-electron chi connectivity index (χ0n) is 7.40. The molecule has 2 rings (SSSR count). The lowest BCUT2D eigenvalue weighted by Crippen LogP contribution is -1.93. The molecule has 0 aliphatic heterocycles. The van der Waals surface area contributed by atoms with Crippen LogP contribution < -0.4 is 0 Å². The number of carboxylic acid groups (broad SMARTS) is 1. The molecule has 0 bridgehead atoms. The maximum Gasteiger partial charge on any atom is 0.340 e. The summed E-state index contributed by atoms with van der Waals surface area (Å²) in [6.07, 6.45) is 0. The van der Waals surface area contributed by atoms with Gasteiger partial charge < -0.3 is 5.11 Å². The van der Waals surface area contributed by atoms with E-state index in [1.165, 1.54) is 0 Å². The van der Waals surface area contributed by atoms with Gasteiger partial charge in [0.15, 0.2) is 0 Å². The van der Waals surface area contributed by atoms with Crippen LogP contribution in [0.5, 0.6) is 0 Å². The highest BCUT2D eigenvalue weighted by Crippen LogP contribution is 2.30. The number of aromatic carboxylic acids is 1. The van der Waals surface area contributed by atoms with Crippen LogP contribution in [0.1, 0.15) is 10.1 Å². The Labute approximate surface area is 83.3 Å². The molecule has 1 atom stereocenters. The lowest BCUT2D eigenvalue weighted by Gasteiger charge is -1.99. The zero-order valence-corrected chi connectivity index (χ0v) is 8.40. The number of rotatable bonds is 2. The molecule has 1 aromatic heterocycles. The highest BCUT2D eigenvalue weighted by molar-refractivity contribution is 7.32. The van der Waals surface area contributed by atoms with Crippen molar-refractivity contribution in [3.8, 4) is 11.1 Å². The van der Waals surface area contributed by atoms with E-state index >= 15 is 0 Å². The summed E-state index contributed by atoms with van der Waals surface area (Å²) in [6.45, 7) is 0. The Morgan fingerprint density at radius 2 is 1.86 bits per heavy atom. The summed E-state index contributed by atoms with van der Waals surface area (Å²) in [5.41, 5.74) is 1.82. The van der Waals surface area contributed by atoms with Crippen LogP contribution in [0.25, 0.3) is 11.1 Å². The number of hydrogen-bond acceptors (Lipinski definition) is 1. The minimum absolute atomic E-state index is 0.285. The number of carboxylic acids is 1. The Balaban J connectivity index is 2.52. The smallest absolute Gasteiger partial charge is 0.340 e. The lowest BCUT2D eigenvalue weighted by molar-refractivity contribution is 0.0703. The van der Waals surface area contributed by atoms with Crippen molar-refractivity contribution < 1.29 is 9.90 Å². The van der Waals surface area contributed by atoms with Crippen LogP contribution in [0, 0.1) is 0 Å². The molecule has 0 spiro atoms. The zero-order chi connectivity index (χ0) is 9.97. The topological polar surface area (TPSA) is 37.3 Å². The van der Waals surface area contributed by atoms with Gasteiger partial charge in [-0.1, -0.05) is 30.3 Å². The standard InChI is InChI=1S/C11H9O2P/c12-11(13)10-9(6-7-14-10)8-4-2-1-3-5-8/h1-7,14H,(H,12,13). The van der Waals surface area contributed by atoms with Crippen molar-refractivity contribution in [1.82, 2.24) is 0 Å². The monoisotopic (exact) mass is 204 g/mol. The molecule has 0 radical (unpaired) electrons. The summed E-state index contributed by atoms with van der Waals surface area (Å²) in [7, 11) is 0.285. The normalized spacial score (nSPS) is 10.6. The third-order valence-corrected chi connectivity index (χ3v) is 3.15. The molecule has 0 aliphatic carbocycles. The first kappa shape index (κ1) is 9.04. The molecule has 70 valence electrons. The maximum absolute atomic E-state index is 10.9. The Hall–Kier alpha value is -1.53. The second-order valence-electron chi connectivity index (χ2n) is 2.94. The predicted molar refractivity (Wildman–Crippen MR) is 58.3 cm³/mol. The molecule has 14 heavy (non-hydrogen) atoms. The van der Waals surface area contributed by atoms with Gasteiger partial charge in [0, 0.05) is 5.56 Å². The number of carbonyl (C=O) groups is 1. The van der Waals surface area contributed by atoms with E-state index in [4.69, 9.17) is 5.11 Å². The third kappa shape index (κ3) is 1.57. The van der Waals surface area contributed by atoms with Crippen LogP contribution in [0.4, 0.5) is 0 Å². The van der Waals surface area contributed by atoms with Crippen molar-refractivity contribution in [2.75, 3.05) is 0 Å². The molecule has 1 heterocycles. The minimum Gasteiger partial charge on any atom is -0.477 e. The van der Waals surface area contributed by atoms with Gasteiger partial charge in [-0.3, -0.25) is 0 Å². The molecule has 1 unspecified atom stereocenters. The molecule has 2 aromatic rings.